The molecule has 0 saturated carbocycles. The molecule has 2 aliphatic heterocycles. The van der Waals surface area contributed by atoms with Gasteiger partial charge in [0.1, 0.15) is 29.9 Å². The Kier molecular flexibility index (Phi) is 6.25. The summed E-state index contributed by atoms with van der Waals surface area (Å²) < 4.78 is 19.7. The minimum Gasteiger partial charge on any atom is -0.490 e. The lowest BCUT2D eigenvalue weighted by Gasteiger charge is -2.43. The first-order valence-electron chi connectivity index (χ1n) is 9.72. The van der Waals surface area contributed by atoms with Gasteiger partial charge in [0, 0.05) is 31.1 Å². The third-order valence-corrected chi connectivity index (χ3v) is 6.63. The topological polar surface area (TPSA) is 82.0 Å². The Morgan fingerprint density at radius 2 is 1.97 bits per heavy atom. The fourth-order valence-corrected chi connectivity index (χ4v) is 4.60. The highest BCUT2D eigenvalue weighted by molar-refractivity contribution is 6.36. The van der Waals surface area contributed by atoms with Crippen LogP contribution in [0.4, 0.5) is 15.8 Å². The largest absolute Gasteiger partial charge is 0.490 e. The monoisotopic (exact) mass is 488 g/mol. The summed E-state index contributed by atoms with van der Waals surface area (Å²) in [5, 5.41) is 25.0. The summed E-state index contributed by atoms with van der Waals surface area (Å²) >= 11 is 18.1. The Labute approximate surface area is 193 Å². The molecule has 2 aromatic carbocycles. The van der Waals surface area contributed by atoms with Crippen LogP contribution >= 0.6 is 34.8 Å². The van der Waals surface area contributed by atoms with E-state index in [9.17, 15) is 19.4 Å². The molecule has 3 N–H and O–H groups in total. The predicted molar refractivity (Wildman–Crippen MR) is 118 cm³/mol. The van der Waals surface area contributed by atoms with Crippen molar-refractivity contribution < 1.29 is 24.1 Å². The zero-order valence-electron chi connectivity index (χ0n) is 16.3. The van der Waals surface area contributed by atoms with Crippen molar-refractivity contribution in [3.63, 3.8) is 0 Å². The lowest BCUT2D eigenvalue weighted by molar-refractivity contribution is -0.116. The van der Waals surface area contributed by atoms with Gasteiger partial charge < -0.3 is 25.2 Å². The van der Waals surface area contributed by atoms with Crippen molar-refractivity contribution in [2.24, 2.45) is 0 Å². The van der Waals surface area contributed by atoms with Crippen LogP contribution in [0.2, 0.25) is 15.1 Å². The van der Waals surface area contributed by atoms with Crippen LogP contribution in [0.1, 0.15) is 18.4 Å². The van der Waals surface area contributed by atoms with E-state index >= 15 is 0 Å². The van der Waals surface area contributed by atoms with Gasteiger partial charge in [-0.05, 0) is 31.0 Å². The zero-order chi connectivity index (χ0) is 22.3. The van der Waals surface area contributed by atoms with Crippen LogP contribution in [0.3, 0.4) is 0 Å². The van der Waals surface area contributed by atoms with Gasteiger partial charge in [0.15, 0.2) is 0 Å². The first kappa shape index (κ1) is 22.4. The Balaban J connectivity index is 1.47. The van der Waals surface area contributed by atoms with Gasteiger partial charge in [-0.2, -0.15) is 0 Å². The number of ether oxygens (including phenoxy) is 1. The molecule has 2 atom stereocenters. The molecule has 1 saturated heterocycles. The lowest BCUT2D eigenvalue weighted by Crippen LogP contribution is -2.58. The Hall–Kier alpha value is -1.77. The molecule has 0 spiro atoms. The second-order valence-electron chi connectivity index (χ2n) is 7.77. The van der Waals surface area contributed by atoms with E-state index in [1.54, 1.807) is 17.0 Å². The maximum atomic E-state index is 13.9. The van der Waals surface area contributed by atoms with Crippen LogP contribution in [0, 0.1) is 5.82 Å². The lowest BCUT2D eigenvalue weighted by atomic mass is 9.89. The van der Waals surface area contributed by atoms with Gasteiger partial charge >= 0.3 is 0 Å². The fraction of sp³-hybridized carbons (Fsp3) is 0.381. The van der Waals surface area contributed by atoms with Crippen molar-refractivity contribution in [1.82, 2.24) is 0 Å². The number of aliphatic hydroxyl groups excluding tert-OH is 1. The number of hydrogen-bond acceptors (Lipinski definition) is 5. The summed E-state index contributed by atoms with van der Waals surface area (Å²) in [6.45, 7) is 0.203. The molecule has 0 bridgehead atoms. The third-order valence-electron chi connectivity index (χ3n) is 5.72. The number of rotatable bonds is 4. The molecule has 0 unspecified atom stereocenters. The van der Waals surface area contributed by atoms with E-state index < -0.39 is 17.5 Å². The number of anilines is 2. The van der Waals surface area contributed by atoms with Crippen LogP contribution in [0.25, 0.3) is 0 Å². The minimum atomic E-state index is -1.52. The standard InChI is InChI=1S/C21H20Cl3FN2O4/c22-12-2-3-17(11-1-4-19(29)26-20(11)12)31-10-21(30)5-6-27(9-18(21)28)16-8-15(25)13(23)7-14(16)24/h2-3,7-8,18,28,30H,1,4-6,9-10H2,(H,26,29)/t18-,21-/m1/s1. The summed E-state index contributed by atoms with van der Waals surface area (Å²) in [5.74, 6) is -0.241. The van der Waals surface area contributed by atoms with Crippen molar-refractivity contribution in [3.05, 3.63) is 50.7 Å². The molecular weight excluding hydrogens is 470 g/mol. The van der Waals surface area contributed by atoms with E-state index in [2.05, 4.69) is 5.32 Å². The molecule has 6 nitrogen and oxygen atoms in total. The fourth-order valence-electron chi connectivity index (χ4n) is 3.87. The number of hydrogen-bond donors (Lipinski definition) is 3. The molecule has 2 aromatic rings. The molecule has 2 heterocycles. The van der Waals surface area contributed by atoms with Crippen molar-refractivity contribution >= 4 is 52.1 Å². The van der Waals surface area contributed by atoms with Gasteiger partial charge in [0.25, 0.3) is 0 Å². The Morgan fingerprint density at radius 1 is 1.19 bits per heavy atom. The summed E-state index contributed by atoms with van der Waals surface area (Å²) in [5.41, 5.74) is 0.148. The van der Waals surface area contributed by atoms with Crippen molar-refractivity contribution in [3.8, 4) is 5.75 Å². The number of amides is 1. The minimum absolute atomic E-state index is 0.0371. The smallest absolute Gasteiger partial charge is 0.224 e. The van der Waals surface area contributed by atoms with Crippen molar-refractivity contribution in [2.75, 3.05) is 29.9 Å². The van der Waals surface area contributed by atoms with Crippen LogP contribution in [0.5, 0.6) is 5.75 Å². The van der Waals surface area contributed by atoms with E-state index in [-0.39, 0.29) is 35.5 Å². The van der Waals surface area contributed by atoms with Crippen LogP contribution in [-0.2, 0) is 11.2 Å². The van der Waals surface area contributed by atoms with Crippen LogP contribution in [0.15, 0.2) is 24.3 Å². The number of nitrogens with one attached hydrogen (secondary N) is 1. The highest BCUT2D eigenvalue weighted by atomic mass is 35.5. The van der Waals surface area contributed by atoms with E-state index in [1.165, 1.54) is 12.1 Å². The summed E-state index contributed by atoms with van der Waals surface area (Å²) in [7, 11) is 0. The normalized spacial score (nSPS) is 23.4. The molecule has 4 rings (SSSR count). The van der Waals surface area contributed by atoms with Crippen molar-refractivity contribution in [2.45, 2.75) is 31.0 Å². The summed E-state index contributed by atoms with van der Waals surface area (Å²) in [4.78, 5) is 13.4. The number of nitrogens with zero attached hydrogens (tertiary/aromatic N) is 1. The SMILES string of the molecule is O=C1CCc2c(OC[C@]3(O)CCN(c4cc(F)c(Cl)cc4Cl)C[C@H]3O)ccc(Cl)c2N1. The molecule has 0 aliphatic carbocycles. The number of carbonyl (C=O) groups excluding carboxylic acids is 1. The van der Waals surface area contributed by atoms with Crippen LogP contribution in [-0.4, -0.2) is 47.5 Å². The number of β-amino-alcohol motifs (C(OH)–C–C–N with tert-alkyl or cyclic N) is 1. The average molecular weight is 490 g/mol. The molecular formula is C21H20Cl3FN2O4. The molecule has 1 amide bonds. The van der Waals surface area contributed by atoms with E-state index in [1.807, 2.05) is 0 Å². The highest BCUT2D eigenvalue weighted by Gasteiger charge is 2.42. The van der Waals surface area contributed by atoms with Gasteiger partial charge in [-0.1, -0.05) is 34.8 Å². The van der Waals surface area contributed by atoms with E-state index in [0.717, 1.165) is 5.56 Å². The molecule has 31 heavy (non-hydrogen) atoms. The summed E-state index contributed by atoms with van der Waals surface area (Å²) in [6.07, 6.45) is -0.226. The second-order valence-corrected chi connectivity index (χ2v) is 8.99. The summed E-state index contributed by atoms with van der Waals surface area (Å²) in [6, 6.07) is 5.82. The van der Waals surface area contributed by atoms with E-state index in [0.29, 0.717) is 41.5 Å². The maximum Gasteiger partial charge on any atom is 0.224 e. The molecule has 0 radical (unpaired) electrons. The molecule has 1 fully saturated rings. The number of benzene rings is 2. The third kappa shape index (κ3) is 4.43. The average Bonchev–Trinajstić information content (AvgIpc) is 2.73. The van der Waals surface area contributed by atoms with Gasteiger partial charge in [-0.15, -0.1) is 0 Å². The molecule has 0 aromatic heterocycles. The molecule has 10 heteroatoms. The quantitative estimate of drug-likeness (QED) is 0.565. The number of piperidine rings is 1. The number of halogens is 4. The Morgan fingerprint density at radius 3 is 2.71 bits per heavy atom. The predicted octanol–water partition coefficient (Wildman–Crippen LogP) is 4.05. The van der Waals surface area contributed by atoms with Crippen LogP contribution < -0.4 is 15.0 Å². The van der Waals surface area contributed by atoms with Gasteiger partial charge in [0.2, 0.25) is 5.91 Å². The maximum absolute atomic E-state index is 13.9. The Bertz CT molecular complexity index is 1040. The van der Waals surface area contributed by atoms with Gasteiger partial charge in [-0.3, -0.25) is 4.79 Å². The van der Waals surface area contributed by atoms with Gasteiger partial charge in [0.05, 0.1) is 26.4 Å². The van der Waals surface area contributed by atoms with Gasteiger partial charge in [-0.25, -0.2) is 4.39 Å². The number of carbonyl (C=O) groups is 1. The number of aliphatic hydroxyl groups is 2. The van der Waals surface area contributed by atoms with E-state index in [4.69, 9.17) is 39.5 Å². The highest BCUT2D eigenvalue weighted by Crippen LogP contribution is 2.38. The first-order valence-corrected chi connectivity index (χ1v) is 10.9. The van der Waals surface area contributed by atoms with Crippen molar-refractivity contribution in [1.29, 1.82) is 0 Å². The molecule has 2 aliphatic rings. The second kappa shape index (κ2) is 8.64. The first-order chi connectivity index (χ1) is 14.7. The number of fused-ring (bicyclic) bond motifs is 1. The zero-order valence-corrected chi connectivity index (χ0v) is 18.6. The molecule has 166 valence electrons.